The van der Waals surface area contributed by atoms with Crippen LogP contribution in [-0.4, -0.2) is 15.8 Å². The van der Waals surface area contributed by atoms with Gasteiger partial charge in [-0.3, -0.25) is 4.79 Å². The van der Waals surface area contributed by atoms with Gasteiger partial charge >= 0.3 is 0 Å². The molecular weight excluding hydrogens is 176 g/mol. The Bertz CT molecular complexity index is 281. The number of nitrogens with zero attached hydrogens (tertiary/aromatic N) is 2. The Kier molecular flexibility index (Phi) is 4.23. The zero-order chi connectivity index (χ0) is 10.4. The van der Waals surface area contributed by atoms with E-state index in [2.05, 4.69) is 23.8 Å². The van der Waals surface area contributed by atoms with Gasteiger partial charge in [-0.05, 0) is 12.0 Å². The van der Waals surface area contributed by atoms with Crippen molar-refractivity contribution in [2.24, 2.45) is 5.92 Å². The topological polar surface area (TPSA) is 42.9 Å². The largest absolute Gasteiger partial charge is 0.292 e. The summed E-state index contributed by atoms with van der Waals surface area (Å²) in [4.78, 5) is 19.4. The SMILES string of the molecule is CCC(CC)CC(=O)c1ccncn1. The van der Waals surface area contributed by atoms with Crippen LogP contribution >= 0.6 is 0 Å². The molecule has 0 spiro atoms. The van der Waals surface area contributed by atoms with Crippen LogP contribution < -0.4 is 0 Å². The highest BCUT2D eigenvalue weighted by Gasteiger charge is 2.12. The van der Waals surface area contributed by atoms with E-state index in [1.54, 1.807) is 12.3 Å². The summed E-state index contributed by atoms with van der Waals surface area (Å²) >= 11 is 0. The maximum Gasteiger partial charge on any atom is 0.181 e. The summed E-state index contributed by atoms with van der Waals surface area (Å²) in [7, 11) is 0. The number of hydrogen-bond acceptors (Lipinski definition) is 3. The first-order chi connectivity index (χ1) is 6.77. The number of hydrogen-bond donors (Lipinski definition) is 0. The summed E-state index contributed by atoms with van der Waals surface area (Å²) < 4.78 is 0. The van der Waals surface area contributed by atoms with Crippen LogP contribution in [0.4, 0.5) is 0 Å². The van der Waals surface area contributed by atoms with E-state index in [1.165, 1.54) is 6.33 Å². The summed E-state index contributed by atoms with van der Waals surface area (Å²) in [5, 5.41) is 0. The van der Waals surface area contributed by atoms with Crippen molar-refractivity contribution in [2.75, 3.05) is 0 Å². The van der Waals surface area contributed by atoms with Gasteiger partial charge < -0.3 is 0 Å². The molecule has 0 aliphatic rings. The molecule has 0 saturated carbocycles. The third-order valence-electron chi connectivity index (χ3n) is 2.50. The van der Waals surface area contributed by atoms with Crippen molar-refractivity contribution in [2.45, 2.75) is 33.1 Å². The molecular formula is C11H16N2O. The number of aromatic nitrogens is 2. The highest BCUT2D eigenvalue weighted by atomic mass is 16.1. The maximum atomic E-state index is 11.7. The van der Waals surface area contributed by atoms with Crippen molar-refractivity contribution in [3.8, 4) is 0 Å². The lowest BCUT2D eigenvalue weighted by Gasteiger charge is -2.09. The molecule has 1 heterocycles. The van der Waals surface area contributed by atoms with E-state index in [0.717, 1.165) is 12.8 Å². The molecule has 0 radical (unpaired) electrons. The molecule has 0 aromatic carbocycles. The van der Waals surface area contributed by atoms with E-state index < -0.39 is 0 Å². The fourth-order valence-electron chi connectivity index (χ4n) is 1.40. The van der Waals surface area contributed by atoms with Crippen molar-refractivity contribution in [3.63, 3.8) is 0 Å². The minimum Gasteiger partial charge on any atom is -0.292 e. The highest BCUT2D eigenvalue weighted by molar-refractivity contribution is 5.94. The first-order valence-corrected chi connectivity index (χ1v) is 5.07. The first-order valence-electron chi connectivity index (χ1n) is 5.07. The Balaban J connectivity index is 2.59. The van der Waals surface area contributed by atoms with Crippen LogP contribution in [0.5, 0.6) is 0 Å². The molecule has 1 rings (SSSR count). The van der Waals surface area contributed by atoms with E-state index in [-0.39, 0.29) is 5.78 Å². The minimum atomic E-state index is 0.126. The quantitative estimate of drug-likeness (QED) is 0.673. The van der Waals surface area contributed by atoms with E-state index >= 15 is 0 Å². The van der Waals surface area contributed by atoms with Gasteiger partial charge in [0.25, 0.3) is 0 Å². The first kappa shape index (κ1) is 10.8. The molecule has 1 aromatic rings. The van der Waals surface area contributed by atoms with Crippen LogP contribution in [0.1, 0.15) is 43.6 Å². The van der Waals surface area contributed by atoms with Crippen LogP contribution in [-0.2, 0) is 0 Å². The van der Waals surface area contributed by atoms with Crippen LogP contribution in [0, 0.1) is 5.92 Å². The highest BCUT2D eigenvalue weighted by Crippen LogP contribution is 2.14. The van der Waals surface area contributed by atoms with Gasteiger partial charge in [-0.2, -0.15) is 0 Å². The van der Waals surface area contributed by atoms with E-state index in [0.29, 0.717) is 18.0 Å². The Morgan fingerprint density at radius 1 is 1.43 bits per heavy atom. The second-order valence-electron chi connectivity index (χ2n) is 3.40. The molecule has 3 heteroatoms. The fraction of sp³-hybridized carbons (Fsp3) is 0.545. The molecule has 14 heavy (non-hydrogen) atoms. The average Bonchev–Trinajstić information content (AvgIpc) is 2.26. The minimum absolute atomic E-state index is 0.126. The Morgan fingerprint density at radius 3 is 2.64 bits per heavy atom. The molecule has 0 atom stereocenters. The maximum absolute atomic E-state index is 11.7. The van der Waals surface area contributed by atoms with Gasteiger partial charge in [-0.15, -0.1) is 0 Å². The van der Waals surface area contributed by atoms with Crippen LogP contribution in [0.25, 0.3) is 0 Å². The molecule has 0 amide bonds. The second-order valence-corrected chi connectivity index (χ2v) is 3.40. The molecule has 0 fully saturated rings. The number of carbonyl (C=O) groups is 1. The molecule has 0 bridgehead atoms. The Hall–Kier alpha value is -1.25. The van der Waals surface area contributed by atoms with Gasteiger partial charge in [0.15, 0.2) is 5.78 Å². The molecule has 0 aliphatic heterocycles. The summed E-state index contributed by atoms with van der Waals surface area (Å²) in [6, 6.07) is 1.67. The summed E-state index contributed by atoms with van der Waals surface area (Å²) in [6.45, 7) is 4.23. The van der Waals surface area contributed by atoms with Crippen molar-refractivity contribution in [1.29, 1.82) is 0 Å². The second kappa shape index (κ2) is 5.47. The predicted molar refractivity (Wildman–Crippen MR) is 55.1 cm³/mol. The van der Waals surface area contributed by atoms with Gasteiger partial charge in [-0.25, -0.2) is 9.97 Å². The lowest BCUT2D eigenvalue weighted by Crippen LogP contribution is -2.09. The van der Waals surface area contributed by atoms with Crippen molar-refractivity contribution >= 4 is 5.78 Å². The Labute approximate surface area is 84.6 Å². The van der Waals surface area contributed by atoms with Gasteiger partial charge in [-0.1, -0.05) is 26.7 Å². The zero-order valence-corrected chi connectivity index (χ0v) is 8.73. The number of ketones is 1. The number of Topliss-reactive ketones (excluding diaryl/α,β-unsaturated/α-hetero) is 1. The normalized spacial score (nSPS) is 10.5. The Morgan fingerprint density at radius 2 is 2.14 bits per heavy atom. The van der Waals surface area contributed by atoms with E-state index in [9.17, 15) is 4.79 Å². The third-order valence-corrected chi connectivity index (χ3v) is 2.50. The van der Waals surface area contributed by atoms with Gasteiger partial charge in [0.1, 0.15) is 12.0 Å². The molecule has 0 N–H and O–H groups in total. The predicted octanol–water partition coefficient (Wildman–Crippen LogP) is 2.49. The average molecular weight is 192 g/mol. The van der Waals surface area contributed by atoms with Crippen LogP contribution in [0.2, 0.25) is 0 Å². The van der Waals surface area contributed by atoms with Crippen molar-refractivity contribution in [3.05, 3.63) is 24.3 Å². The zero-order valence-electron chi connectivity index (χ0n) is 8.73. The summed E-state index contributed by atoms with van der Waals surface area (Å²) in [5.74, 6) is 0.610. The fourth-order valence-corrected chi connectivity index (χ4v) is 1.40. The van der Waals surface area contributed by atoms with Crippen molar-refractivity contribution < 1.29 is 4.79 Å². The molecule has 0 saturated heterocycles. The lowest BCUT2D eigenvalue weighted by molar-refractivity contribution is 0.0953. The van der Waals surface area contributed by atoms with Crippen molar-refractivity contribution in [1.82, 2.24) is 9.97 Å². The molecule has 0 aliphatic carbocycles. The van der Waals surface area contributed by atoms with Gasteiger partial charge in [0, 0.05) is 12.6 Å². The smallest absolute Gasteiger partial charge is 0.181 e. The standard InChI is InChI=1S/C11H16N2O/c1-3-9(4-2)7-11(14)10-5-6-12-8-13-10/h5-6,8-9H,3-4,7H2,1-2H3. The number of rotatable bonds is 5. The van der Waals surface area contributed by atoms with Gasteiger partial charge in [0.2, 0.25) is 0 Å². The third kappa shape index (κ3) is 2.91. The monoisotopic (exact) mass is 192 g/mol. The van der Waals surface area contributed by atoms with E-state index in [1.807, 2.05) is 0 Å². The van der Waals surface area contributed by atoms with Gasteiger partial charge in [0.05, 0.1) is 0 Å². The van der Waals surface area contributed by atoms with E-state index in [4.69, 9.17) is 0 Å². The van der Waals surface area contributed by atoms with Crippen LogP contribution in [0.15, 0.2) is 18.6 Å². The summed E-state index contributed by atoms with van der Waals surface area (Å²) in [6.07, 6.45) is 5.72. The summed E-state index contributed by atoms with van der Waals surface area (Å²) in [5.41, 5.74) is 0.534. The number of carbonyl (C=O) groups excluding carboxylic acids is 1. The molecule has 0 unspecified atom stereocenters. The van der Waals surface area contributed by atoms with Crippen LogP contribution in [0.3, 0.4) is 0 Å². The molecule has 3 nitrogen and oxygen atoms in total. The lowest BCUT2D eigenvalue weighted by atomic mass is 9.96. The molecule has 1 aromatic heterocycles. The molecule has 76 valence electrons.